The van der Waals surface area contributed by atoms with E-state index in [1.54, 1.807) is 11.3 Å². The van der Waals surface area contributed by atoms with Crippen molar-refractivity contribution >= 4 is 28.9 Å². The molecular formula is C15H16N4OS. The lowest BCUT2D eigenvalue weighted by atomic mass is 10.1. The molecule has 2 saturated heterocycles. The molecule has 21 heavy (non-hydrogen) atoms. The number of hydrogen-bond acceptors (Lipinski definition) is 5. The van der Waals surface area contributed by atoms with Crippen LogP contribution >= 0.6 is 11.3 Å². The third kappa shape index (κ3) is 2.01. The van der Waals surface area contributed by atoms with Gasteiger partial charge in [0.1, 0.15) is 0 Å². The van der Waals surface area contributed by atoms with Crippen molar-refractivity contribution in [3.05, 3.63) is 34.8 Å². The SMILES string of the molecule is Cc1cnc(N2CC[C@@H]3[C@@H]2CC(=O)N3c2ccsc2)nc1. The van der Waals surface area contributed by atoms with Crippen LogP contribution in [0.1, 0.15) is 18.4 Å². The number of carbonyl (C=O) groups is 1. The van der Waals surface area contributed by atoms with Gasteiger partial charge in [0.2, 0.25) is 11.9 Å². The predicted octanol–water partition coefficient (Wildman–Crippen LogP) is 2.23. The highest BCUT2D eigenvalue weighted by atomic mass is 32.1. The van der Waals surface area contributed by atoms with Crippen LogP contribution in [0.2, 0.25) is 0 Å². The van der Waals surface area contributed by atoms with Crippen LogP contribution < -0.4 is 9.80 Å². The summed E-state index contributed by atoms with van der Waals surface area (Å²) in [5.41, 5.74) is 2.08. The molecule has 0 N–H and O–H groups in total. The average Bonchev–Trinajstić information content (AvgIpc) is 3.16. The molecule has 4 rings (SSSR count). The molecule has 0 radical (unpaired) electrons. The minimum atomic E-state index is 0.195. The summed E-state index contributed by atoms with van der Waals surface area (Å²) in [7, 11) is 0. The van der Waals surface area contributed by atoms with Crippen LogP contribution in [0.15, 0.2) is 29.2 Å². The highest BCUT2D eigenvalue weighted by molar-refractivity contribution is 7.08. The molecule has 0 aromatic carbocycles. The second-order valence-corrected chi connectivity index (χ2v) is 6.41. The van der Waals surface area contributed by atoms with Gasteiger partial charge in [-0.2, -0.15) is 11.3 Å². The fourth-order valence-electron chi connectivity index (χ4n) is 3.36. The van der Waals surface area contributed by atoms with E-state index < -0.39 is 0 Å². The number of aryl methyl sites for hydroxylation is 1. The molecule has 2 aliphatic rings. The Hall–Kier alpha value is -1.95. The molecule has 6 heteroatoms. The van der Waals surface area contributed by atoms with Gasteiger partial charge in [-0.15, -0.1) is 0 Å². The summed E-state index contributed by atoms with van der Waals surface area (Å²) in [4.78, 5) is 25.4. The smallest absolute Gasteiger partial charge is 0.229 e. The molecule has 0 unspecified atom stereocenters. The second kappa shape index (κ2) is 4.80. The first kappa shape index (κ1) is 12.8. The first-order chi connectivity index (χ1) is 10.2. The number of hydrogen-bond donors (Lipinski definition) is 0. The van der Waals surface area contributed by atoms with Gasteiger partial charge in [-0.3, -0.25) is 4.79 Å². The summed E-state index contributed by atoms with van der Waals surface area (Å²) in [6, 6.07) is 2.47. The summed E-state index contributed by atoms with van der Waals surface area (Å²) >= 11 is 1.63. The molecule has 0 aliphatic carbocycles. The van der Waals surface area contributed by atoms with Gasteiger partial charge in [0, 0.05) is 30.7 Å². The molecular weight excluding hydrogens is 284 g/mol. The molecule has 2 aromatic heterocycles. The molecule has 1 amide bonds. The number of thiophene rings is 1. The Morgan fingerprint density at radius 1 is 1.29 bits per heavy atom. The number of anilines is 2. The number of carbonyl (C=O) groups excluding carboxylic acids is 1. The van der Waals surface area contributed by atoms with Crippen molar-refractivity contribution in [2.45, 2.75) is 31.8 Å². The van der Waals surface area contributed by atoms with Gasteiger partial charge in [-0.05, 0) is 30.4 Å². The van der Waals surface area contributed by atoms with Gasteiger partial charge in [0.25, 0.3) is 0 Å². The van der Waals surface area contributed by atoms with Gasteiger partial charge in [0.15, 0.2) is 0 Å². The topological polar surface area (TPSA) is 49.3 Å². The molecule has 4 heterocycles. The molecule has 108 valence electrons. The van der Waals surface area contributed by atoms with Crippen molar-refractivity contribution in [3.63, 3.8) is 0 Å². The molecule has 2 aliphatic heterocycles. The van der Waals surface area contributed by atoms with Gasteiger partial charge >= 0.3 is 0 Å². The van der Waals surface area contributed by atoms with Gasteiger partial charge in [-0.25, -0.2) is 9.97 Å². The summed E-state index contributed by atoms with van der Waals surface area (Å²) < 4.78 is 0. The van der Waals surface area contributed by atoms with Gasteiger partial charge in [-0.1, -0.05) is 0 Å². The zero-order chi connectivity index (χ0) is 14.4. The quantitative estimate of drug-likeness (QED) is 0.853. The van der Waals surface area contributed by atoms with Crippen molar-refractivity contribution in [2.75, 3.05) is 16.3 Å². The van der Waals surface area contributed by atoms with E-state index in [1.807, 2.05) is 41.0 Å². The van der Waals surface area contributed by atoms with Gasteiger partial charge < -0.3 is 9.80 Å². The second-order valence-electron chi connectivity index (χ2n) is 5.63. The lowest BCUT2D eigenvalue weighted by Gasteiger charge is -2.24. The molecule has 0 spiro atoms. The van der Waals surface area contributed by atoms with Gasteiger partial charge in [0.05, 0.1) is 17.8 Å². The average molecular weight is 300 g/mol. The van der Waals surface area contributed by atoms with E-state index in [0.29, 0.717) is 6.42 Å². The Balaban J connectivity index is 1.63. The van der Waals surface area contributed by atoms with E-state index in [9.17, 15) is 4.79 Å². The Morgan fingerprint density at radius 2 is 2.10 bits per heavy atom. The predicted molar refractivity (Wildman–Crippen MR) is 82.7 cm³/mol. The largest absolute Gasteiger partial charge is 0.335 e. The third-order valence-corrected chi connectivity index (χ3v) is 4.97. The maximum Gasteiger partial charge on any atom is 0.229 e. The maximum absolute atomic E-state index is 12.4. The first-order valence-corrected chi connectivity index (χ1v) is 8.08. The minimum Gasteiger partial charge on any atom is -0.335 e. The summed E-state index contributed by atoms with van der Waals surface area (Å²) in [5, 5.41) is 4.07. The Kier molecular flexibility index (Phi) is 2.92. The van der Waals surface area contributed by atoms with Crippen LogP contribution in [-0.2, 0) is 4.79 Å². The number of rotatable bonds is 2. The van der Waals surface area contributed by atoms with Crippen molar-refractivity contribution in [1.82, 2.24) is 9.97 Å². The Morgan fingerprint density at radius 3 is 2.81 bits per heavy atom. The van der Waals surface area contributed by atoms with Crippen molar-refractivity contribution in [1.29, 1.82) is 0 Å². The molecule has 2 aromatic rings. The first-order valence-electron chi connectivity index (χ1n) is 7.13. The van der Waals surface area contributed by atoms with E-state index in [2.05, 4.69) is 14.9 Å². The third-order valence-electron chi connectivity index (χ3n) is 4.30. The summed E-state index contributed by atoms with van der Waals surface area (Å²) in [6.07, 6.45) is 5.20. The van der Waals surface area contributed by atoms with Crippen LogP contribution in [0.3, 0.4) is 0 Å². The normalized spacial score (nSPS) is 24.7. The monoisotopic (exact) mass is 300 g/mol. The Labute approximate surface area is 127 Å². The maximum atomic E-state index is 12.4. The van der Waals surface area contributed by atoms with Crippen LogP contribution in [0.25, 0.3) is 0 Å². The molecule has 0 saturated carbocycles. The lowest BCUT2D eigenvalue weighted by molar-refractivity contribution is -0.117. The fraction of sp³-hybridized carbons (Fsp3) is 0.400. The van der Waals surface area contributed by atoms with Crippen molar-refractivity contribution < 1.29 is 4.79 Å². The standard InChI is InChI=1S/C15H16N4OS/c1-10-7-16-15(17-8-10)18-4-2-12-13(18)6-14(20)19(12)11-3-5-21-9-11/h3,5,7-9,12-13H,2,4,6H2,1H3/t12-,13+/m1/s1. The van der Waals surface area contributed by atoms with E-state index in [0.717, 1.165) is 30.2 Å². The fourth-order valence-corrected chi connectivity index (χ4v) is 3.99. The molecule has 0 bridgehead atoms. The zero-order valence-corrected chi connectivity index (χ0v) is 12.6. The summed E-state index contributed by atoms with van der Waals surface area (Å²) in [6.45, 7) is 2.89. The number of amides is 1. The number of fused-ring (bicyclic) bond motifs is 1. The minimum absolute atomic E-state index is 0.195. The summed E-state index contributed by atoms with van der Waals surface area (Å²) in [5.74, 6) is 0.952. The van der Waals surface area contributed by atoms with Crippen LogP contribution in [0.4, 0.5) is 11.6 Å². The van der Waals surface area contributed by atoms with E-state index in [1.165, 1.54) is 0 Å². The van der Waals surface area contributed by atoms with Crippen LogP contribution in [0.5, 0.6) is 0 Å². The highest BCUT2D eigenvalue weighted by Crippen LogP contribution is 2.37. The molecule has 5 nitrogen and oxygen atoms in total. The van der Waals surface area contributed by atoms with Crippen molar-refractivity contribution in [2.24, 2.45) is 0 Å². The lowest BCUT2D eigenvalue weighted by Crippen LogP contribution is -2.37. The molecule has 2 fully saturated rings. The zero-order valence-electron chi connectivity index (χ0n) is 11.8. The van der Waals surface area contributed by atoms with Crippen LogP contribution in [-0.4, -0.2) is 34.5 Å². The highest BCUT2D eigenvalue weighted by Gasteiger charge is 2.48. The molecule has 2 atom stereocenters. The van der Waals surface area contributed by atoms with Crippen LogP contribution in [0, 0.1) is 6.92 Å². The Bertz CT molecular complexity index is 655. The number of aromatic nitrogens is 2. The van der Waals surface area contributed by atoms with E-state index >= 15 is 0 Å². The van der Waals surface area contributed by atoms with E-state index in [-0.39, 0.29) is 18.0 Å². The van der Waals surface area contributed by atoms with E-state index in [4.69, 9.17) is 0 Å². The number of nitrogens with zero attached hydrogens (tertiary/aromatic N) is 4. The van der Waals surface area contributed by atoms with Crippen molar-refractivity contribution in [3.8, 4) is 0 Å².